The number of aryl methyl sites for hydroxylation is 2. The molecule has 160 valence electrons. The molecule has 31 heavy (non-hydrogen) atoms. The van der Waals surface area contributed by atoms with Crippen molar-refractivity contribution in [2.24, 2.45) is 0 Å². The number of allylic oxidation sites excluding steroid dienone is 8. The molecule has 2 aliphatic carbocycles. The second-order valence-corrected chi connectivity index (χ2v) is 13.1. The Kier molecular flexibility index (Phi) is 8.98. The molecule has 0 radical (unpaired) electrons. The average molecular weight is 529 g/mol. The SMILES string of the molecule is CCC1=C[C]([Zr+2][C]2(c3cccc(C)c3)C=CC(CC)=C2)(c2cccc(C)c2)C=C1.[Cl-].[Cl-]. The van der Waals surface area contributed by atoms with E-state index in [1.807, 2.05) is 0 Å². The molecule has 0 N–H and O–H groups in total. The van der Waals surface area contributed by atoms with Crippen LogP contribution in [0, 0.1) is 13.8 Å². The third-order valence-electron chi connectivity index (χ3n) is 6.17. The molecule has 0 bridgehead atoms. The molecule has 0 aromatic heterocycles. The second kappa shape index (κ2) is 10.7. The van der Waals surface area contributed by atoms with Gasteiger partial charge in [0.2, 0.25) is 0 Å². The maximum atomic E-state index is 2.59. The fraction of sp³-hybridized carbons (Fsp3) is 0.286. The molecule has 0 nitrogen and oxygen atoms in total. The first-order chi connectivity index (χ1) is 14.0. The molecule has 4 rings (SSSR count). The molecule has 2 aromatic rings. The van der Waals surface area contributed by atoms with E-state index in [-0.39, 0.29) is 31.1 Å². The predicted octanol–water partition coefficient (Wildman–Crippen LogP) is 1.30. The van der Waals surface area contributed by atoms with Gasteiger partial charge >= 0.3 is 188 Å². The van der Waals surface area contributed by atoms with Crippen LogP contribution < -0.4 is 24.8 Å². The molecular weight excluding hydrogens is 498 g/mol. The van der Waals surface area contributed by atoms with Crippen molar-refractivity contribution in [3.05, 3.63) is 118 Å². The van der Waals surface area contributed by atoms with Gasteiger partial charge in [-0.2, -0.15) is 0 Å². The standard InChI is InChI=1S/2C14H15.2ClH.Zr/c2*1-3-12-7-8-14(10-12)13-6-4-5-11(2)9-13;;;/h2*4-10H,3H2,1-2H3;2*1H;/q;;;;+2/p-2. The number of hydrogen-bond acceptors (Lipinski definition) is 0. The van der Waals surface area contributed by atoms with Crippen LogP contribution in [0.1, 0.15) is 48.9 Å². The van der Waals surface area contributed by atoms with E-state index >= 15 is 0 Å². The van der Waals surface area contributed by atoms with E-state index in [0.717, 1.165) is 12.8 Å². The number of rotatable bonds is 6. The van der Waals surface area contributed by atoms with Crippen LogP contribution >= 0.6 is 0 Å². The van der Waals surface area contributed by atoms with Gasteiger partial charge in [0.1, 0.15) is 0 Å². The Morgan fingerprint density at radius 1 is 0.677 bits per heavy atom. The molecule has 3 heteroatoms. The molecule has 0 heterocycles. The van der Waals surface area contributed by atoms with Crippen molar-refractivity contribution < 1.29 is 48.0 Å². The Morgan fingerprint density at radius 2 is 1.10 bits per heavy atom. The Morgan fingerprint density at radius 3 is 1.42 bits per heavy atom. The molecule has 0 saturated heterocycles. The van der Waals surface area contributed by atoms with Crippen LogP contribution in [-0.4, -0.2) is 0 Å². The van der Waals surface area contributed by atoms with E-state index in [2.05, 4.69) is 113 Å². The molecule has 2 aromatic carbocycles. The first kappa shape index (κ1) is 26.1. The number of hydrogen-bond donors (Lipinski definition) is 0. The third kappa shape index (κ3) is 5.27. The topological polar surface area (TPSA) is 0 Å². The van der Waals surface area contributed by atoms with Crippen LogP contribution in [0.2, 0.25) is 0 Å². The predicted molar refractivity (Wildman–Crippen MR) is 121 cm³/mol. The van der Waals surface area contributed by atoms with Gasteiger partial charge in [-0.05, 0) is 0 Å². The molecule has 2 atom stereocenters. The molecule has 0 fully saturated rings. The summed E-state index contributed by atoms with van der Waals surface area (Å²) >= 11 is -1.07. The van der Waals surface area contributed by atoms with Gasteiger partial charge in [0.15, 0.2) is 0 Å². The van der Waals surface area contributed by atoms with Crippen LogP contribution in [0.15, 0.2) is 96.1 Å². The van der Waals surface area contributed by atoms with Crippen molar-refractivity contribution in [3.63, 3.8) is 0 Å². The molecule has 0 amide bonds. The maximum Gasteiger partial charge on any atom is -1.00 e. The van der Waals surface area contributed by atoms with Crippen LogP contribution in [-0.2, 0) is 29.5 Å². The van der Waals surface area contributed by atoms with Crippen molar-refractivity contribution in [1.82, 2.24) is 0 Å². The minimum absolute atomic E-state index is 0. The van der Waals surface area contributed by atoms with E-state index < -0.39 is 23.2 Å². The van der Waals surface area contributed by atoms with E-state index in [1.165, 1.54) is 33.4 Å². The Labute approximate surface area is 212 Å². The van der Waals surface area contributed by atoms with Gasteiger partial charge in [-0.3, -0.25) is 0 Å². The van der Waals surface area contributed by atoms with Gasteiger partial charge < -0.3 is 24.8 Å². The second-order valence-electron chi connectivity index (χ2n) is 8.41. The molecule has 2 aliphatic rings. The van der Waals surface area contributed by atoms with Gasteiger partial charge in [0, 0.05) is 0 Å². The van der Waals surface area contributed by atoms with E-state index in [0.29, 0.717) is 0 Å². The summed E-state index contributed by atoms with van der Waals surface area (Å²) in [5.41, 5.74) is 8.61. The smallest absolute Gasteiger partial charge is 1.00 e. The zero-order valence-corrected chi connectivity index (χ0v) is 22.7. The van der Waals surface area contributed by atoms with Crippen molar-refractivity contribution in [2.45, 2.75) is 46.8 Å². The Bertz CT molecular complexity index is 963. The quantitative estimate of drug-likeness (QED) is 0.531. The molecule has 2 unspecified atom stereocenters. The number of benzene rings is 2. The summed E-state index contributed by atoms with van der Waals surface area (Å²) in [6.07, 6.45) is 17.2. The molecule has 0 saturated carbocycles. The van der Waals surface area contributed by atoms with Crippen LogP contribution in [0.25, 0.3) is 0 Å². The van der Waals surface area contributed by atoms with Gasteiger partial charge in [-0.25, -0.2) is 0 Å². The van der Waals surface area contributed by atoms with Crippen molar-refractivity contribution in [2.75, 3.05) is 0 Å². The van der Waals surface area contributed by atoms with Gasteiger partial charge in [-0.15, -0.1) is 0 Å². The largest absolute Gasteiger partial charge is 1.00 e. The average Bonchev–Trinajstić information content (AvgIpc) is 3.34. The summed E-state index contributed by atoms with van der Waals surface area (Å²) in [6, 6.07) is 18.4. The number of halogens is 2. The van der Waals surface area contributed by atoms with Crippen LogP contribution in [0.4, 0.5) is 0 Å². The summed E-state index contributed by atoms with van der Waals surface area (Å²) in [5, 5.41) is 0. The third-order valence-corrected chi connectivity index (χ3v) is 11.2. The van der Waals surface area contributed by atoms with Crippen molar-refractivity contribution >= 4 is 0 Å². The van der Waals surface area contributed by atoms with Crippen molar-refractivity contribution in [1.29, 1.82) is 0 Å². The molecular formula is C28H30Cl2Zr. The zero-order chi connectivity index (χ0) is 20.5. The molecule has 0 spiro atoms. The maximum absolute atomic E-state index is 2.59. The van der Waals surface area contributed by atoms with Gasteiger partial charge in [-0.1, -0.05) is 0 Å². The van der Waals surface area contributed by atoms with E-state index in [1.54, 1.807) is 0 Å². The van der Waals surface area contributed by atoms with Gasteiger partial charge in [0.25, 0.3) is 0 Å². The van der Waals surface area contributed by atoms with Crippen LogP contribution in [0.3, 0.4) is 0 Å². The van der Waals surface area contributed by atoms with E-state index in [4.69, 9.17) is 0 Å². The van der Waals surface area contributed by atoms with Crippen molar-refractivity contribution in [3.8, 4) is 0 Å². The first-order valence-electron chi connectivity index (χ1n) is 10.7. The minimum atomic E-state index is -1.07. The zero-order valence-electron chi connectivity index (χ0n) is 18.8. The first-order valence-corrected chi connectivity index (χ1v) is 13.2. The fourth-order valence-electron chi connectivity index (χ4n) is 4.50. The molecule has 0 aliphatic heterocycles. The summed E-state index contributed by atoms with van der Waals surface area (Å²) in [5.74, 6) is 0. The fourth-order valence-corrected chi connectivity index (χ4v) is 9.74. The summed E-state index contributed by atoms with van der Waals surface area (Å²) in [6.45, 7) is 8.97. The van der Waals surface area contributed by atoms with E-state index in [9.17, 15) is 0 Å². The van der Waals surface area contributed by atoms with Gasteiger partial charge in [0.05, 0.1) is 0 Å². The summed E-state index contributed by atoms with van der Waals surface area (Å²) in [4.78, 5) is 0. The Balaban J connectivity index is 0.00000171. The minimum Gasteiger partial charge on any atom is -1.00 e. The normalized spacial score (nSPS) is 23.5. The monoisotopic (exact) mass is 526 g/mol. The summed E-state index contributed by atoms with van der Waals surface area (Å²) < 4.78 is 0.184. The van der Waals surface area contributed by atoms with Crippen LogP contribution in [0.5, 0.6) is 0 Å². The summed E-state index contributed by atoms with van der Waals surface area (Å²) in [7, 11) is 0. The Hall–Kier alpha value is -1.14.